The lowest BCUT2D eigenvalue weighted by Gasteiger charge is -2.24. The maximum atomic E-state index is 13.1. The van der Waals surface area contributed by atoms with E-state index in [-0.39, 0.29) is 30.9 Å². The molecule has 1 atom stereocenters. The number of halogens is 1. The topological polar surface area (TPSA) is 122 Å². The molecule has 3 heterocycles. The lowest BCUT2D eigenvalue weighted by atomic mass is 10.1. The fourth-order valence-corrected chi connectivity index (χ4v) is 4.66. The number of aromatic nitrogens is 2. The number of carbonyl (C=O) groups is 3. The average Bonchev–Trinajstić information content (AvgIpc) is 3.13. The van der Waals surface area contributed by atoms with E-state index in [1.165, 1.54) is 15.9 Å². The molecule has 0 saturated carbocycles. The number of aryl methyl sites for hydroxylation is 2. The summed E-state index contributed by atoms with van der Waals surface area (Å²) >= 11 is 7.38. The molecule has 3 N–H and O–H groups in total. The highest BCUT2D eigenvalue weighted by atomic mass is 35.5. The van der Waals surface area contributed by atoms with Gasteiger partial charge < -0.3 is 10.6 Å². The Bertz CT molecular complexity index is 1320. The van der Waals surface area contributed by atoms with E-state index in [0.29, 0.717) is 32.3 Å². The molecule has 0 radical (unpaired) electrons. The van der Waals surface area contributed by atoms with E-state index in [1.807, 2.05) is 13.0 Å². The Labute approximate surface area is 191 Å². The molecule has 1 fully saturated rings. The molecule has 166 valence electrons. The first kappa shape index (κ1) is 22.0. The van der Waals surface area contributed by atoms with Crippen LogP contribution in [-0.4, -0.2) is 27.4 Å². The van der Waals surface area contributed by atoms with Crippen LogP contribution in [0.15, 0.2) is 28.4 Å². The predicted molar refractivity (Wildman–Crippen MR) is 122 cm³/mol. The predicted octanol–water partition coefficient (Wildman–Crippen LogP) is 3.03. The van der Waals surface area contributed by atoms with Crippen LogP contribution in [0.1, 0.15) is 35.1 Å². The van der Waals surface area contributed by atoms with Crippen LogP contribution in [0, 0.1) is 13.8 Å². The van der Waals surface area contributed by atoms with Crippen molar-refractivity contribution in [1.29, 1.82) is 0 Å². The van der Waals surface area contributed by atoms with Gasteiger partial charge in [-0.25, -0.2) is 9.78 Å². The number of nitrogens with zero attached hydrogens (tertiary/aromatic N) is 2. The molecule has 4 rings (SSSR count). The van der Waals surface area contributed by atoms with Crippen molar-refractivity contribution < 1.29 is 14.4 Å². The number of fused-ring (bicyclic) bond motifs is 1. The van der Waals surface area contributed by atoms with Gasteiger partial charge in [-0.15, -0.1) is 11.3 Å². The van der Waals surface area contributed by atoms with Crippen molar-refractivity contribution in [2.75, 3.05) is 5.32 Å². The van der Waals surface area contributed by atoms with E-state index < -0.39 is 18.0 Å². The first-order valence-electron chi connectivity index (χ1n) is 9.88. The first-order valence-corrected chi connectivity index (χ1v) is 11.1. The first-order chi connectivity index (χ1) is 15.2. The number of benzene rings is 1. The number of hydrogen-bond donors (Lipinski definition) is 3. The van der Waals surface area contributed by atoms with Crippen molar-refractivity contribution in [3.05, 3.63) is 55.2 Å². The lowest BCUT2D eigenvalue weighted by Crippen LogP contribution is -2.45. The largest absolute Gasteiger partial charge is 0.333 e. The van der Waals surface area contributed by atoms with Gasteiger partial charge >= 0.3 is 6.03 Å². The number of thiophene rings is 1. The summed E-state index contributed by atoms with van der Waals surface area (Å²) in [5.74, 6) is -0.478. The van der Waals surface area contributed by atoms with Crippen LogP contribution >= 0.6 is 22.9 Å². The Morgan fingerprint density at radius 1 is 1.31 bits per heavy atom. The van der Waals surface area contributed by atoms with Crippen LogP contribution in [0.4, 0.5) is 10.5 Å². The van der Waals surface area contributed by atoms with Crippen LogP contribution < -0.4 is 21.5 Å². The number of rotatable bonds is 4. The molecule has 0 spiro atoms. The van der Waals surface area contributed by atoms with Gasteiger partial charge in [0.05, 0.1) is 22.3 Å². The smallest absolute Gasteiger partial charge is 0.319 e. The second kappa shape index (κ2) is 8.71. The third kappa shape index (κ3) is 4.23. The van der Waals surface area contributed by atoms with E-state index in [2.05, 4.69) is 20.9 Å². The second-order valence-electron chi connectivity index (χ2n) is 7.49. The van der Waals surface area contributed by atoms with Gasteiger partial charge in [-0.05, 0) is 38.0 Å². The van der Waals surface area contributed by atoms with Crippen LogP contribution in [0.3, 0.4) is 0 Å². The minimum absolute atomic E-state index is 0.167. The molecule has 9 nitrogen and oxygen atoms in total. The summed E-state index contributed by atoms with van der Waals surface area (Å²) in [5.41, 5.74) is 1.62. The number of carbonyl (C=O) groups excluding carboxylic acids is 3. The molecule has 1 aliphatic rings. The molecule has 1 unspecified atom stereocenters. The van der Waals surface area contributed by atoms with Crippen molar-refractivity contribution in [2.24, 2.45) is 0 Å². The number of nitrogens with one attached hydrogen (secondary N) is 3. The van der Waals surface area contributed by atoms with Gasteiger partial charge in [0, 0.05) is 22.5 Å². The molecular weight excluding hydrogens is 454 g/mol. The maximum absolute atomic E-state index is 13.1. The van der Waals surface area contributed by atoms with Crippen LogP contribution in [-0.2, 0) is 16.1 Å². The molecule has 0 bridgehead atoms. The molecule has 2 aromatic heterocycles. The number of urea groups is 1. The fraction of sp³-hybridized carbons (Fsp3) is 0.286. The molecule has 32 heavy (non-hydrogen) atoms. The molecule has 3 aromatic rings. The number of amides is 4. The van der Waals surface area contributed by atoms with Gasteiger partial charge in [0.25, 0.3) is 5.56 Å². The Kier molecular flexibility index (Phi) is 5.98. The van der Waals surface area contributed by atoms with Gasteiger partial charge in [0.15, 0.2) is 0 Å². The van der Waals surface area contributed by atoms with Crippen molar-refractivity contribution in [3.63, 3.8) is 0 Å². The number of hydrogen-bond acceptors (Lipinski definition) is 6. The van der Waals surface area contributed by atoms with Crippen LogP contribution in [0.5, 0.6) is 0 Å². The molecule has 1 aliphatic heterocycles. The maximum Gasteiger partial charge on any atom is 0.319 e. The summed E-state index contributed by atoms with van der Waals surface area (Å²) in [5, 5.41) is 10.3. The summed E-state index contributed by atoms with van der Waals surface area (Å²) in [7, 11) is 0. The molecular formula is C21H20ClN5O4S. The highest BCUT2D eigenvalue weighted by molar-refractivity contribution is 7.11. The number of piperidine rings is 1. The van der Waals surface area contributed by atoms with Gasteiger partial charge in [0.1, 0.15) is 11.9 Å². The van der Waals surface area contributed by atoms with E-state index in [9.17, 15) is 19.2 Å². The molecule has 1 aromatic carbocycles. The Morgan fingerprint density at radius 3 is 2.81 bits per heavy atom. The highest BCUT2D eigenvalue weighted by Gasteiger charge is 2.30. The second-order valence-corrected chi connectivity index (χ2v) is 8.87. The molecule has 4 amide bonds. The monoisotopic (exact) mass is 473 g/mol. The third-order valence-corrected chi connectivity index (χ3v) is 6.65. The summed E-state index contributed by atoms with van der Waals surface area (Å²) in [4.78, 5) is 54.3. The summed E-state index contributed by atoms with van der Waals surface area (Å²) in [6, 6.07) is 4.04. The van der Waals surface area contributed by atoms with Gasteiger partial charge in [-0.2, -0.15) is 0 Å². The quantitative estimate of drug-likeness (QED) is 0.503. The SMILES string of the molecule is Cc1ccc(NC(=O)NCc2scc3c(=O)n(C4CCC(=O)NC4=O)c(C)nc23)cc1Cl. The number of anilines is 1. The van der Waals surface area contributed by atoms with E-state index >= 15 is 0 Å². The van der Waals surface area contributed by atoms with Crippen molar-refractivity contribution in [3.8, 4) is 0 Å². The van der Waals surface area contributed by atoms with Crippen molar-refractivity contribution in [2.45, 2.75) is 39.3 Å². The highest BCUT2D eigenvalue weighted by Crippen LogP contribution is 2.25. The minimum Gasteiger partial charge on any atom is -0.333 e. The zero-order valence-electron chi connectivity index (χ0n) is 17.3. The van der Waals surface area contributed by atoms with E-state index in [1.54, 1.807) is 24.4 Å². The standard InChI is InChI=1S/C21H20ClN5O4S/c1-10-3-4-12(7-14(10)22)25-21(31)23-8-16-18-13(9-32-16)20(30)27(11(2)24-18)15-5-6-17(28)26-19(15)29/h3-4,7,9,15H,5-6,8H2,1-2H3,(H2,23,25,31)(H,26,28,29). The van der Waals surface area contributed by atoms with Crippen molar-refractivity contribution in [1.82, 2.24) is 20.2 Å². The fourth-order valence-electron chi connectivity index (χ4n) is 3.59. The molecule has 0 aliphatic carbocycles. The van der Waals surface area contributed by atoms with Crippen LogP contribution in [0.25, 0.3) is 10.9 Å². The van der Waals surface area contributed by atoms with E-state index in [0.717, 1.165) is 5.56 Å². The van der Waals surface area contributed by atoms with Crippen LogP contribution in [0.2, 0.25) is 5.02 Å². The van der Waals surface area contributed by atoms with Crippen molar-refractivity contribution >= 4 is 57.4 Å². The minimum atomic E-state index is -0.773. The Hall–Kier alpha value is -3.24. The van der Waals surface area contributed by atoms with Gasteiger partial charge in [-0.1, -0.05) is 17.7 Å². The van der Waals surface area contributed by atoms with E-state index in [4.69, 9.17) is 11.6 Å². The zero-order chi connectivity index (χ0) is 23.0. The third-order valence-electron chi connectivity index (χ3n) is 5.27. The molecule has 1 saturated heterocycles. The Balaban J connectivity index is 1.53. The average molecular weight is 474 g/mol. The Morgan fingerprint density at radius 2 is 2.09 bits per heavy atom. The summed E-state index contributed by atoms with van der Waals surface area (Å²) < 4.78 is 1.34. The normalized spacial score (nSPS) is 16.2. The van der Waals surface area contributed by atoms with Gasteiger partial charge in [0.2, 0.25) is 11.8 Å². The lowest BCUT2D eigenvalue weighted by molar-refractivity contribution is -0.135. The molecule has 11 heteroatoms. The zero-order valence-corrected chi connectivity index (χ0v) is 18.9. The van der Waals surface area contributed by atoms with Gasteiger partial charge in [-0.3, -0.25) is 24.3 Å². The summed E-state index contributed by atoms with van der Waals surface area (Å²) in [6.07, 6.45) is 0.417. The summed E-state index contributed by atoms with van der Waals surface area (Å²) in [6.45, 7) is 3.69. The number of imide groups is 1.